The van der Waals surface area contributed by atoms with Crippen LogP contribution in [0.1, 0.15) is 31.9 Å². The number of hydrogen-bond donors (Lipinski definition) is 2. The van der Waals surface area contributed by atoms with Crippen LogP contribution in [0.3, 0.4) is 0 Å². The average molecular weight is 220 g/mol. The van der Waals surface area contributed by atoms with Crippen molar-refractivity contribution < 1.29 is 4.79 Å². The van der Waals surface area contributed by atoms with Crippen LogP contribution in [-0.2, 0) is 4.79 Å². The number of carbonyl (C=O) groups is 1. The maximum absolute atomic E-state index is 11.8. The molecule has 0 aliphatic carbocycles. The second-order valence-corrected chi connectivity index (χ2v) is 4.12. The molecule has 0 fully saturated rings. The molecule has 1 rings (SSSR count). The monoisotopic (exact) mass is 220 g/mol. The van der Waals surface area contributed by atoms with Crippen LogP contribution < -0.4 is 11.1 Å². The number of rotatable bonds is 5. The Morgan fingerprint density at radius 3 is 2.50 bits per heavy atom. The maximum Gasteiger partial charge on any atom is 0.223 e. The fraction of sp³-hybridized carbons (Fsp3) is 0.462. The third kappa shape index (κ3) is 3.66. The molecular weight excluding hydrogens is 200 g/mol. The molecule has 3 heteroatoms. The molecule has 88 valence electrons. The van der Waals surface area contributed by atoms with Crippen molar-refractivity contribution in [3.05, 3.63) is 35.9 Å². The van der Waals surface area contributed by atoms with Gasteiger partial charge in [0.2, 0.25) is 5.91 Å². The first-order chi connectivity index (χ1) is 7.65. The van der Waals surface area contributed by atoms with Gasteiger partial charge in [-0.2, -0.15) is 0 Å². The van der Waals surface area contributed by atoms with Gasteiger partial charge in [0.05, 0.1) is 6.04 Å². The molecule has 16 heavy (non-hydrogen) atoms. The van der Waals surface area contributed by atoms with E-state index in [0.717, 1.165) is 12.0 Å². The van der Waals surface area contributed by atoms with Gasteiger partial charge in [-0.15, -0.1) is 0 Å². The molecule has 0 aromatic heterocycles. The summed E-state index contributed by atoms with van der Waals surface area (Å²) in [5, 5.41) is 2.99. The van der Waals surface area contributed by atoms with Gasteiger partial charge in [-0.1, -0.05) is 37.3 Å². The normalized spacial score (nSPS) is 14.2. The van der Waals surface area contributed by atoms with Gasteiger partial charge in [0, 0.05) is 5.92 Å². The average Bonchev–Trinajstić information content (AvgIpc) is 2.30. The SMILES string of the molecule is CC(CCN)C(=O)NC(C)c1ccccc1. The summed E-state index contributed by atoms with van der Waals surface area (Å²) in [6.45, 7) is 4.44. The van der Waals surface area contributed by atoms with Gasteiger partial charge in [0.1, 0.15) is 0 Å². The van der Waals surface area contributed by atoms with Crippen molar-refractivity contribution in [2.24, 2.45) is 11.7 Å². The Bertz CT molecular complexity index is 324. The molecule has 0 spiro atoms. The summed E-state index contributed by atoms with van der Waals surface area (Å²) >= 11 is 0. The zero-order valence-electron chi connectivity index (χ0n) is 9.94. The van der Waals surface area contributed by atoms with Crippen LogP contribution in [0.5, 0.6) is 0 Å². The quantitative estimate of drug-likeness (QED) is 0.795. The van der Waals surface area contributed by atoms with E-state index in [2.05, 4.69) is 5.32 Å². The number of hydrogen-bond acceptors (Lipinski definition) is 2. The van der Waals surface area contributed by atoms with Gasteiger partial charge in [0.25, 0.3) is 0 Å². The van der Waals surface area contributed by atoms with Crippen LogP contribution in [0.2, 0.25) is 0 Å². The predicted octanol–water partition coefficient (Wildman–Crippen LogP) is 1.85. The van der Waals surface area contributed by atoms with Gasteiger partial charge < -0.3 is 11.1 Å². The molecule has 2 atom stereocenters. The zero-order valence-corrected chi connectivity index (χ0v) is 9.94. The maximum atomic E-state index is 11.8. The van der Waals surface area contributed by atoms with E-state index < -0.39 is 0 Å². The second kappa shape index (κ2) is 6.28. The minimum atomic E-state index is -0.0174. The summed E-state index contributed by atoms with van der Waals surface area (Å²) in [6, 6.07) is 9.99. The van der Waals surface area contributed by atoms with E-state index in [1.54, 1.807) is 0 Å². The van der Waals surface area contributed by atoms with Crippen LogP contribution in [0.4, 0.5) is 0 Å². The Morgan fingerprint density at radius 2 is 1.94 bits per heavy atom. The minimum Gasteiger partial charge on any atom is -0.349 e. The molecule has 1 amide bonds. The topological polar surface area (TPSA) is 55.1 Å². The first-order valence-corrected chi connectivity index (χ1v) is 5.70. The summed E-state index contributed by atoms with van der Waals surface area (Å²) < 4.78 is 0. The predicted molar refractivity (Wildman–Crippen MR) is 65.8 cm³/mol. The van der Waals surface area contributed by atoms with Gasteiger partial charge in [-0.05, 0) is 25.5 Å². The lowest BCUT2D eigenvalue weighted by molar-refractivity contribution is -0.125. The van der Waals surface area contributed by atoms with Crippen molar-refractivity contribution in [1.82, 2.24) is 5.32 Å². The smallest absolute Gasteiger partial charge is 0.223 e. The van der Waals surface area contributed by atoms with E-state index in [-0.39, 0.29) is 17.9 Å². The highest BCUT2D eigenvalue weighted by molar-refractivity contribution is 5.78. The molecule has 0 aliphatic heterocycles. The fourth-order valence-corrected chi connectivity index (χ4v) is 1.56. The molecule has 0 saturated carbocycles. The van der Waals surface area contributed by atoms with Crippen molar-refractivity contribution in [1.29, 1.82) is 0 Å². The number of amides is 1. The molecule has 3 nitrogen and oxygen atoms in total. The van der Waals surface area contributed by atoms with Crippen molar-refractivity contribution >= 4 is 5.91 Å². The van der Waals surface area contributed by atoms with Gasteiger partial charge in [-0.25, -0.2) is 0 Å². The summed E-state index contributed by atoms with van der Waals surface area (Å²) in [5.41, 5.74) is 6.55. The third-order valence-corrected chi connectivity index (χ3v) is 2.71. The summed E-state index contributed by atoms with van der Waals surface area (Å²) in [4.78, 5) is 11.8. The van der Waals surface area contributed by atoms with Crippen LogP contribution in [0.15, 0.2) is 30.3 Å². The van der Waals surface area contributed by atoms with Crippen molar-refractivity contribution in [2.45, 2.75) is 26.3 Å². The van der Waals surface area contributed by atoms with Crippen LogP contribution in [0.25, 0.3) is 0 Å². The highest BCUT2D eigenvalue weighted by Crippen LogP contribution is 2.12. The summed E-state index contributed by atoms with van der Waals surface area (Å²) in [6.07, 6.45) is 0.730. The molecule has 0 aliphatic rings. The summed E-state index contributed by atoms with van der Waals surface area (Å²) in [7, 11) is 0. The Morgan fingerprint density at radius 1 is 1.31 bits per heavy atom. The Hall–Kier alpha value is -1.35. The van der Waals surface area contributed by atoms with E-state index >= 15 is 0 Å². The molecule has 1 aromatic rings. The van der Waals surface area contributed by atoms with Crippen LogP contribution >= 0.6 is 0 Å². The van der Waals surface area contributed by atoms with Gasteiger partial charge in [0.15, 0.2) is 0 Å². The van der Waals surface area contributed by atoms with E-state index in [4.69, 9.17) is 5.73 Å². The third-order valence-electron chi connectivity index (χ3n) is 2.71. The van der Waals surface area contributed by atoms with Crippen LogP contribution in [0, 0.1) is 5.92 Å². The molecule has 0 heterocycles. The number of carbonyl (C=O) groups excluding carboxylic acids is 1. The zero-order chi connectivity index (χ0) is 12.0. The second-order valence-electron chi connectivity index (χ2n) is 4.12. The van der Waals surface area contributed by atoms with Crippen molar-refractivity contribution in [3.63, 3.8) is 0 Å². The molecule has 3 N–H and O–H groups in total. The summed E-state index contributed by atoms with van der Waals surface area (Å²) in [5.74, 6) is 0.0537. The lowest BCUT2D eigenvalue weighted by Crippen LogP contribution is -2.32. The van der Waals surface area contributed by atoms with Gasteiger partial charge in [-0.3, -0.25) is 4.79 Å². The van der Waals surface area contributed by atoms with Crippen LogP contribution in [-0.4, -0.2) is 12.5 Å². The van der Waals surface area contributed by atoms with E-state index in [0.29, 0.717) is 6.54 Å². The van der Waals surface area contributed by atoms with Crippen molar-refractivity contribution in [3.8, 4) is 0 Å². The molecule has 2 unspecified atom stereocenters. The standard InChI is InChI=1S/C13H20N2O/c1-10(8-9-14)13(16)15-11(2)12-6-4-3-5-7-12/h3-7,10-11H,8-9,14H2,1-2H3,(H,15,16). The van der Waals surface area contributed by atoms with Gasteiger partial charge >= 0.3 is 0 Å². The number of benzene rings is 1. The van der Waals surface area contributed by atoms with E-state index in [1.165, 1.54) is 0 Å². The Kier molecular flexibility index (Phi) is 4.99. The first-order valence-electron chi connectivity index (χ1n) is 5.70. The fourth-order valence-electron chi connectivity index (χ4n) is 1.56. The Balaban J connectivity index is 2.51. The molecule has 1 aromatic carbocycles. The van der Waals surface area contributed by atoms with Crippen molar-refractivity contribution in [2.75, 3.05) is 6.54 Å². The number of nitrogens with two attached hydrogens (primary N) is 1. The highest BCUT2D eigenvalue weighted by atomic mass is 16.1. The molecular formula is C13H20N2O. The van der Waals surface area contributed by atoms with E-state index in [9.17, 15) is 4.79 Å². The minimum absolute atomic E-state index is 0.0174. The number of nitrogens with one attached hydrogen (secondary N) is 1. The van der Waals surface area contributed by atoms with E-state index in [1.807, 2.05) is 44.2 Å². The first kappa shape index (κ1) is 12.7. The highest BCUT2D eigenvalue weighted by Gasteiger charge is 2.14. The largest absolute Gasteiger partial charge is 0.349 e. The molecule has 0 bridgehead atoms. The Labute approximate surface area is 97.0 Å². The lowest BCUT2D eigenvalue weighted by atomic mass is 10.0. The lowest BCUT2D eigenvalue weighted by Gasteiger charge is -2.17. The molecule has 0 radical (unpaired) electrons. The molecule has 0 saturated heterocycles.